The monoisotopic (exact) mass is 447 g/mol. The smallest absolute Gasteiger partial charge is 0.231 e. The molecule has 0 unspecified atom stereocenters. The Morgan fingerprint density at radius 1 is 0.909 bits per heavy atom. The molecule has 2 aromatic carbocycles. The highest BCUT2D eigenvalue weighted by Crippen LogP contribution is 2.33. The van der Waals surface area contributed by atoms with Crippen LogP contribution in [0, 0.1) is 11.8 Å². The Labute approximate surface area is 195 Å². The van der Waals surface area contributed by atoms with E-state index in [1.165, 1.54) is 31.2 Å². The van der Waals surface area contributed by atoms with Crippen LogP contribution in [0.15, 0.2) is 42.5 Å². The number of benzene rings is 2. The highest BCUT2D eigenvalue weighted by Gasteiger charge is 2.21. The van der Waals surface area contributed by atoms with Crippen LogP contribution in [0.1, 0.15) is 31.2 Å². The number of nitrogens with one attached hydrogen (secondary N) is 2. The van der Waals surface area contributed by atoms with Crippen LogP contribution in [0.25, 0.3) is 10.9 Å². The molecule has 2 aliphatic rings. The zero-order valence-corrected chi connectivity index (χ0v) is 19.5. The molecule has 7 heteroatoms. The van der Waals surface area contributed by atoms with E-state index in [2.05, 4.69) is 39.8 Å². The SMILES string of the molecule is CN(C)c1nc(NCC2CCC(CNCc3ccc4c(c3)OCO4)CC2)nc2ccccc12. The molecule has 2 N–H and O–H groups in total. The summed E-state index contributed by atoms with van der Waals surface area (Å²) in [6, 6.07) is 14.4. The number of aromatic nitrogens is 2. The van der Waals surface area contributed by atoms with Crippen LogP contribution < -0.4 is 25.0 Å². The van der Waals surface area contributed by atoms with Gasteiger partial charge in [-0.25, -0.2) is 4.98 Å². The van der Waals surface area contributed by atoms with Gasteiger partial charge in [-0.1, -0.05) is 18.2 Å². The molecule has 5 rings (SSSR count). The zero-order chi connectivity index (χ0) is 22.6. The van der Waals surface area contributed by atoms with Gasteiger partial charge < -0.3 is 25.0 Å². The molecular formula is C26H33N5O2. The fourth-order valence-corrected chi connectivity index (χ4v) is 4.83. The second-order valence-corrected chi connectivity index (χ2v) is 9.37. The van der Waals surface area contributed by atoms with Gasteiger partial charge in [-0.3, -0.25) is 0 Å². The summed E-state index contributed by atoms with van der Waals surface area (Å²) in [5.74, 6) is 4.80. The van der Waals surface area contributed by atoms with Crippen LogP contribution in [0.5, 0.6) is 11.5 Å². The van der Waals surface area contributed by atoms with Crippen LogP contribution in [-0.2, 0) is 6.54 Å². The van der Waals surface area contributed by atoms with E-state index in [1.54, 1.807) is 0 Å². The molecule has 0 radical (unpaired) electrons. The summed E-state index contributed by atoms with van der Waals surface area (Å²) in [4.78, 5) is 11.6. The minimum Gasteiger partial charge on any atom is -0.454 e. The van der Waals surface area contributed by atoms with Crippen LogP contribution in [-0.4, -0.2) is 43.9 Å². The highest BCUT2D eigenvalue weighted by molar-refractivity contribution is 5.90. The Kier molecular flexibility index (Phi) is 6.48. The molecule has 0 saturated heterocycles. The normalized spacial score (nSPS) is 19.6. The number of anilines is 2. The van der Waals surface area contributed by atoms with Crippen molar-refractivity contribution in [3.05, 3.63) is 48.0 Å². The van der Waals surface area contributed by atoms with Crippen molar-refractivity contribution in [2.45, 2.75) is 32.2 Å². The quantitative estimate of drug-likeness (QED) is 0.529. The third-order valence-corrected chi connectivity index (χ3v) is 6.72. The highest BCUT2D eigenvalue weighted by atomic mass is 16.7. The molecule has 1 saturated carbocycles. The van der Waals surface area contributed by atoms with Gasteiger partial charge in [-0.05, 0) is 73.9 Å². The number of rotatable bonds is 8. The Hall–Kier alpha value is -3.06. The summed E-state index contributed by atoms with van der Waals surface area (Å²) >= 11 is 0. The van der Waals surface area contributed by atoms with Crippen molar-refractivity contribution in [2.75, 3.05) is 44.2 Å². The van der Waals surface area contributed by atoms with E-state index < -0.39 is 0 Å². The van der Waals surface area contributed by atoms with Crippen molar-refractivity contribution >= 4 is 22.7 Å². The minimum absolute atomic E-state index is 0.327. The molecule has 3 aromatic rings. The Morgan fingerprint density at radius 3 is 2.48 bits per heavy atom. The molecule has 0 spiro atoms. The van der Waals surface area contributed by atoms with E-state index >= 15 is 0 Å². The number of fused-ring (bicyclic) bond motifs is 2. The lowest BCUT2D eigenvalue weighted by Gasteiger charge is -2.29. The van der Waals surface area contributed by atoms with Crippen molar-refractivity contribution < 1.29 is 9.47 Å². The van der Waals surface area contributed by atoms with Gasteiger partial charge in [0.1, 0.15) is 5.82 Å². The van der Waals surface area contributed by atoms with Crippen molar-refractivity contribution in [2.24, 2.45) is 11.8 Å². The molecule has 33 heavy (non-hydrogen) atoms. The van der Waals surface area contributed by atoms with E-state index in [0.29, 0.717) is 12.7 Å². The van der Waals surface area contributed by atoms with E-state index in [4.69, 9.17) is 19.4 Å². The van der Waals surface area contributed by atoms with Gasteiger partial charge in [-0.15, -0.1) is 0 Å². The Bertz CT molecular complexity index is 1100. The molecular weight excluding hydrogens is 414 g/mol. The lowest BCUT2D eigenvalue weighted by Crippen LogP contribution is -2.28. The summed E-state index contributed by atoms with van der Waals surface area (Å²) in [6.45, 7) is 3.19. The Morgan fingerprint density at radius 2 is 1.67 bits per heavy atom. The van der Waals surface area contributed by atoms with E-state index in [9.17, 15) is 0 Å². The average molecular weight is 448 g/mol. The molecule has 0 atom stereocenters. The van der Waals surface area contributed by atoms with Crippen LogP contribution in [0.3, 0.4) is 0 Å². The number of hydrogen-bond acceptors (Lipinski definition) is 7. The van der Waals surface area contributed by atoms with Gasteiger partial charge in [0.15, 0.2) is 11.5 Å². The fraction of sp³-hybridized carbons (Fsp3) is 0.462. The van der Waals surface area contributed by atoms with E-state index in [1.807, 2.05) is 32.3 Å². The molecule has 1 aliphatic heterocycles. The van der Waals surface area contributed by atoms with Crippen molar-refractivity contribution in [3.63, 3.8) is 0 Å². The third-order valence-electron chi connectivity index (χ3n) is 6.72. The lowest BCUT2D eigenvalue weighted by atomic mass is 9.82. The first-order chi connectivity index (χ1) is 16.2. The van der Waals surface area contributed by atoms with Crippen LogP contribution in [0.4, 0.5) is 11.8 Å². The lowest BCUT2D eigenvalue weighted by molar-refractivity contribution is 0.174. The Balaban J connectivity index is 1.07. The number of para-hydroxylation sites is 1. The average Bonchev–Trinajstić information content (AvgIpc) is 3.31. The molecule has 2 heterocycles. The molecule has 174 valence electrons. The summed E-state index contributed by atoms with van der Waals surface area (Å²) in [6.07, 6.45) is 5.03. The maximum absolute atomic E-state index is 5.47. The minimum atomic E-state index is 0.327. The molecule has 0 amide bonds. The number of ether oxygens (including phenoxy) is 2. The maximum atomic E-state index is 5.47. The summed E-state index contributed by atoms with van der Waals surface area (Å²) in [7, 11) is 4.06. The van der Waals surface area contributed by atoms with E-state index in [-0.39, 0.29) is 0 Å². The molecule has 1 aromatic heterocycles. The van der Waals surface area contributed by atoms with E-state index in [0.717, 1.165) is 59.7 Å². The maximum Gasteiger partial charge on any atom is 0.231 e. The largest absolute Gasteiger partial charge is 0.454 e. The predicted octanol–water partition coefficient (Wildman–Crippen LogP) is 4.43. The molecule has 1 fully saturated rings. The first-order valence-electron chi connectivity index (χ1n) is 11.9. The van der Waals surface area contributed by atoms with Gasteiger partial charge in [0.2, 0.25) is 12.7 Å². The van der Waals surface area contributed by atoms with Crippen molar-refractivity contribution in [1.82, 2.24) is 15.3 Å². The second kappa shape index (κ2) is 9.83. The van der Waals surface area contributed by atoms with Gasteiger partial charge in [0.25, 0.3) is 0 Å². The van der Waals surface area contributed by atoms with Crippen LogP contribution >= 0.6 is 0 Å². The number of hydrogen-bond donors (Lipinski definition) is 2. The second-order valence-electron chi connectivity index (χ2n) is 9.37. The van der Waals surface area contributed by atoms with Gasteiger partial charge in [0, 0.05) is 32.6 Å². The summed E-state index contributed by atoms with van der Waals surface area (Å²) in [5, 5.41) is 8.23. The summed E-state index contributed by atoms with van der Waals surface area (Å²) < 4.78 is 10.9. The molecule has 1 aliphatic carbocycles. The summed E-state index contributed by atoms with van der Waals surface area (Å²) in [5.41, 5.74) is 2.22. The third kappa shape index (κ3) is 5.14. The standard InChI is InChI=1S/C26H33N5O2/c1-31(2)25-21-5-3-4-6-22(21)29-26(30-25)28-16-19-9-7-18(8-10-19)14-27-15-20-11-12-23-24(13-20)33-17-32-23/h3-6,11-13,18-19,27H,7-10,14-17H2,1-2H3,(H,28,29,30). The van der Waals surface area contributed by atoms with Gasteiger partial charge in [-0.2, -0.15) is 4.98 Å². The first-order valence-corrected chi connectivity index (χ1v) is 11.9. The van der Waals surface area contributed by atoms with Gasteiger partial charge in [0.05, 0.1) is 5.52 Å². The number of nitrogens with zero attached hydrogens (tertiary/aromatic N) is 3. The fourth-order valence-electron chi connectivity index (χ4n) is 4.83. The molecule has 0 bridgehead atoms. The van der Waals surface area contributed by atoms with Gasteiger partial charge >= 0.3 is 0 Å². The zero-order valence-electron chi connectivity index (χ0n) is 19.5. The predicted molar refractivity (Wildman–Crippen MR) is 132 cm³/mol. The van der Waals surface area contributed by atoms with Crippen molar-refractivity contribution in [3.8, 4) is 11.5 Å². The first kappa shape index (κ1) is 21.8. The van der Waals surface area contributed by atoms with Crippen LogP contribution in [0.2, 0.25) is 0 Å². The molecule has 7 nitrogen and oxygen atoms in total. The van der Waals surface area contributed by atoms with Crippen molar-refractivity contribution in [1.29, 1.82) is 0 Å². The topological polar surface area (TPSA) is 71.5 Å².